The van der Waals surface area contributed by atoms with E-state index in [2.05, 4.69) is 31.3 Å². The van der Waals surface area contributed by atoms with Crippen LogP contribution in [0.2, 0.25) is 0 Å². The third kappa shape index (κ3) is 5.71. The first-order valence-electron chi connectivity index (χ1n) is 8.73. The van der Waals surface area contributed by atoms with Crippen molar-refractivity contribution in [2.24, 2.45) is 11.7 Å². The van der Waals surface area contributed by atoms with E-state index in [4.69, 9.17) is 5.73 Å². The Kier molecular flexibility index (Phi) is 6.42. The molecule has 3 heteroatoms. The van der Waals surface area contributed by atoms with Gasteiger partial charge in [-0.05, 0) is 37.2 Å². The molecule has 1 aromatic carbocycles. The number of rotatable bonds is 10. The molecule has 0 unspecified atom stereocenters. The Morgan fingerprint density at radius 1 is 1.23 bits per heavy atom. The minimum Gasteiger partial charge on any atom is -0.390 e. The number of nitrogens with two attached hydrogens (primary N) is 1. The van der Waals surface area contributed by atoms with Crippen molar-refractivity contribution in [1.82, 2.24) is 5.32 Å². The van der Waals surface area contributed by atoms with Crippen LogP contribution in [-0.2, 0) is 6.42 Å². The number of aliphatic hydroxyl groups excluding tert-OH is 1. The van der Waals surface area contributed by atoms with Crippen LogP contribution < -0.4 is 11.1 Å². The van der Waals surface area contributed by atoms with Crippen LogP contribution in [-0.4, -0.2) is 29.3 Å². The van der Waals surface area contributed by atoms with Crippen LogP contribution in [0.1, 0.15) is 51.5 Å². The number of aliphatic hydroxyl groups is 1. The first-order chi connectivity index (χ1) is 10.5. The van der Waals surface area contributed by atoms with Gasteiger partial charge in [-0.15, -0.1) is 0 Å². The van der Waals surface area contributed by atoms with Gasteiger partial charge in [0.15, 0.2) is 0 Å². The highest BCUT2D eigenvalue weighted by Crippen LogP contribution is 2.40. The summed E-state index contributed by atoms with van der Waals surface area (Å²) in [5.74, 6) is 0.778. The highest BCUT2D eigenvalue weighted by molar-refractivity contribution is 5.16. The molecule has 0 aliphatic heterocycles. The van der Waals surface area contributed by atoms with Gasteiger partial charge in [0.1, 0.15) is 0 Å². The van der Waals surface area contributed by atoms with E-state index in [0.29, 0.717) is 12.1 Å². The van der Waals surface area contributed by atoms with Gasteiger partial charge in [0.25, 0.3) is 0 Å². The van der Waals surface area contributed by atoms with Gasteiger partial charge >= 0.3 is 0 Å². The average Bonchev–Trinajstić information content (AvgIpc) is 3.26. The zero-order chi connectivity index (χ0) is 16.0. The normalized spacial score (nSPS) is 19.1. The van der Waals surface area contributed by atoms with Crippen LogP contribution in [0.5, 0.6) is 0 Å². The molecule has 3 nitrogen and oxygen atoms in total. The van der Waals surface area contributed by atoms with E-state index < -0.39 is 6.10 Å². The molecule has 1 aliphatic rings. The zero-order valence-electron chi connectivity index (χ0n) is 14.1. The van der Waals surface area contributed by atoms with Crippen LogP contribution in [0.4, 0.5) is 0 Å². The molecule has 124 valence electrons. The van der Waals surface area contributed by atoms with E-state index in [1.807, 2.05) is 18.2 Å². The maximum Gasteiger partial charge on any atom is 0.0818 e. The molecule has 1 aromatic rings. The Balaban J connectivity index is 1.69. The van der Waals surface area contributed by atoms with E-state index in [1.54, 1.807) is 0 Å². The van der Waals surface area contributed by atoms with Crippen LogP contribution in [0.25, 0.3) is 0 Å². The third-order valence-corrected chi connectivity index (χ3v) is 4.79. The summed E-state index contributed by atoms with van der Waals surface area (Å²) >= 11 is 0. The van der Waals surface area contributed by atoms with Gasteiger partial charge in [-0.3, -0.25) is 0 Å². The number of hydrogen-bond acceptors (Lipinski definition) is 3. The molecule has 0 spiro atoms. The van der Waals surface area contributed by atoms with Crippen LogP contribution in [0, 0.1) is 5.92 Å². The average molecular weight is 304 g/mol. The largest absolute Gasteiger partial charge is 0.390 e. The summed E-state index contributed by atoms with van der Waals surface area (Å²) < 4.78 is 0. The van der Waals surface area contributed by atoms with Gasteiger partial charge in [0, 0.05) is 18.1 Å². The van der Waals surface area contributed by atoms with Crippen LogP contribution in [0.15, 0.2) is 30.3 Å². The van der Waals surface area contributed by atoms with Crippen molar-refractivity contribution >= 4 is 0 Å². The van der Waals surface area contributed by atoms with Crippen molar-refractivity contribution in [2.75, 3.05) is 6.54 Å². The molecular formula is C19H32N2O. The second-order valence-corrected chi connectivity index (χ2v) is 7.37. The number of benzene rings is 1. The lowest BCUT2D eigenvalue weighted by atomic mass is 10.00. The van der Waals surface area contributed by atoms with E-state index in [1.165, 1.54) is 37.7 Å². The van der Waals surface area contributed by atoms with Crippen molar-refractivity contribution in [2.45, 2.75) is 70.1 Å². The maximum absolute atomic E-state index is 10.3. The lowest BCUT2D eigenvalue weighted by Crippen LogP contribution is -2.46. The molecule has 0 bridgehead atoms. The number of β-amino-alcohol motifs (C(OH)–C–C–N with tert-alkyl or cyclic N) is 1. The number of nitrogens with one attached hydrogen (secondary N) is 1. The minimum absolute atomic E-state index is 0.207. The van der Waals surface area contributed by atoms with Gasteiger partial charge in [-0.25, -0.2) is 0 Å². The van der Waals surface area contributed by atoms with Crippen LogP contribution in [0.3, 0.4) is 0 Å². The summed E-state index contributed by atoms with van der Waals surface area (Å²) in [7, 11) is 0. The fraction of sp³-hybridized carbons (Fsp3) is 0.684. The summed E-state index contributed by atoms with van der Waals surface area (Å²) in [6.45, 7) is 5.16. The van der Waals surface area contributed by atoms with Crippen molar-refractivity contribution < 1.29 is 5.11 Å². The summed E-state index contributed by atoms with van der Waals surface area (Å²) in [6.07, 6.45) is 6.52. The topological polar surface area (TPSA) is 58.3 Å². The lowest BCUT2D eigenvalue weighted by Gasteiger charge is -2.24. The molecule has 1 fully saturated rings. The maximum atomic E-state index is 10.3. The fourth-order valence-corrected chi connectivity index (χ4v) is 3.01. The molecule has 0 heterocycles. The Morgan fingerprint density at radius 2 is 1.91 bits per heavy atom. The van der Waals surface area contributed by atoms with Gasteiger partial charge in [-0.2, -0.15) is 0 Å². The molecule has 0 amide bonds. The summed E-state index contributed by atoms with van der Waals surface area (Å²) in [6, 6.07) is 9.95. The van der Waals surface area contributed by atoms with Crippen molar-refractivity contribution in [3.8, 4) is 0 Å². The molecule has 4 N–H and O–H groups in total. The summed E-state index contributed by atoms with van der Waals surface area (Å²) in [5.41, 5.74) is 7.63. The first kappa shape index (κ1) is 17.5. The van der Waals surface area contributed by atoms with E-state index >= 15 is 0 Å². The first-order valence-corrected chi connectivity index (χ1v) is 8.73. The van der Waals surface area contributed by atoms with Crippen molar-refractivity contribution in [3.63, 3.8) is 0 Å². The predicted molar refractivity (Wildman–Crippen MR) is 92.8 cm³/mol. The Labute approximate surface area is 135 Å². The van der Waals surface area contributed by atoms with Gasteiger partial charge in [0.05, 0.1) is 6.10 Å². The quantitative estimate of drug-likeness (QED) is 0.623. The molecule has 2 atom stereocenters. The van der Waals surface area contributed by atoms with Crippen molar-refractivity contribution in [3.05, 3.63) is 35.9 Å². The van der Waals surface area contributed by atoms with Gasteiger partial charge < -0.3 is 16.2 Å². The second-order valence-electron chi connectivity index (χ2n) is 7.37. The molecule has 2 rings (SSSR count). The van der Waals surface area contributed by atoms with Crippen molar-refractivity contribution in [1.29, 1.82) is 0 Å². The molecular weight excluding hydrogens is 272 g/mol. The zero-order valence-corrected chi connectivity index (χ0v) is 14.1. The number of hydrogen-bond donors (Lipinski definition) is 3. The smallest absolute Gasteiger partial charge is 0.0818 e. The van der Waals surface area contributed by atoms with Crippen LogP contribution >= 0.6 is 0 Å². The van der Waals surface area contributed by atoms with E-state index in [-0.39, 0.29) is 6.04 Å². The predicted octanol–water partition coefficient (Wildman–Crippen LogP) is 2.87. The molecule has 0 saturated heterocycles. The minimum atomic E-state index is -0.484. The summed E-state index contributed by atoms with van der Waals surface area (Å²) in [5, 5.41) is 13.9. The SMILES string of the molecule is CC(C)CCCC1(NC[C@@H](O)[C@@H](N)Cc2ccccc2)CC1. The molecule has 1 saturated carbocycles. The highest BCUT2D eigenvalue weighted by Gasteiger charge is 2.41. The molecule has 22 heavy (non-hydrogen) atoms. The Hall–Kier alpha value is -0.900. The van der Waals surface area contributed by atoms with E-state index in [0.717, 1.165) is 12.3 Å². The fourth-order valence-electron chi connectivity index (χ4n) is 3.01. The standard InChI is InChI=1S/C19H32N2O/c1-15(2)7-6-10-19(11-12-19)21-14-18(22)17(20)13-16-8-4-3-5-9-16/h3-5,8-9,15,17-18,21-22H,6-7,10-14,20H2,1-2H3/t17-,18+/m0/s1. The molecule has 1 aliphatic carbocycles. The van der Waals surface area contributed by atoms with Gasteiger partial charge in [-0.1, -0.05) is 57.0 Å². The Bertz CT molecular complexity index is 428. The monoisotopic (exact) mass is 304 g/mol. The molecule has 0 aromatic heterocycles. The molecule has 0 radical (unpaired) electrons. The van der Waals surface area contributed by atoms with E-state index in [9.17, 15) is 5.11 Å². The third-order valence-electron chi connectivity index (χ3n) is 4.79. The highest BCUT2D eigenvalue weighted by atomic mass is 16.3. The Morgan fingerprint density at radius 3 is 2.50 bits per heavy atom. The second kappa shape index (κ2) is 8.09. The van der Waals surface area contributed by atoms with Gasteiger partial charge in [0.2, 0.25) is 0 Å². The lowest BCUT2D eigenvalue weighted by molar-refractivity contribution is 0.135. The summed E-state index contributed by atoms with van der Waals surface area (Å²) in [4.78, 5) is 0.